The Bertz CT molecular complexity index is 545. The fraction of sp³-hybridized carbons (Fsp3) is 0.500. The van der Waals surface area contributed by atoms with Crippen molar-refractivity contribution in [1.29, 1.82) is 0 Å². The normalized spacial score (nSPS) is 31.2. The van der Waals surface area contributed by atoms with E-state index in [0.29, 0.717) is 6.04 Å². The summed E-state index contributed by atoms with van der Waals surface area (Å²) < 4.78 is 0. The quantitative estimate of drug-likeness (QED) is 0.827. The second-order valence-electron chi connectivity index (χ2n) is 5.52. The highest BCUT2D eigenvalue weighted by molar-refractivity contribution is 5.89. The van der Waals surface area contributed by atoms with E-state index in [1.807, 2.05) is 12.4 Å². The van der Waals surface area contributed by atoms with E-state index in [4.69, 9.17) is 0 Å². The molecule has 2 aliphatic carbocycles. The number of anilines is 1. The van der Waals surface area contributed by atoms with Crippen molar-refractivity contribution in [3.63, 3.8) is 0 Å². The van der Waals surface area contributed by atoms with Crippen LogP contribution in [0.5, 0.6) is 0 Å². The Morgan fingerprint density at radius 1 is 1.24 bits per heavy atom. The van der Waals surface area contributed by atoms with Crippen molar-refractivity contribution in [2.75, 3.05) is 5.32 Å². The van der Waals surface area contributed by atoms with E-state index in [1.54, 1.807) is 0 Å². The average molecular weight is 227 g/mol. The fourth-order valence-electron chi connectivity index (χ4n) is 3.71. The fourth-order valence-corrected chi connectivity index (χ4v) is 3.71. The SMILES string of the molecule is c1cc(N[C@@H]2C[C@H]3CC[C@@H]2C3)c2cc[nH]c2n1. The highest BCUT2D eigenvalue weighted by atomic mass is 15.0. The molecule has 0 amide bonds. The van der Waals surface area contributed by atoms with Crippen LogP contribution in [0.25, 0.3) is 11.0 Å². The summed E-state index contributed by atoms with van der Waals surface area (Å²) in [4.78, 5) is 7.50. The molecule has 0 aromatic carbocycles. The summed E-state index contributed by atoms with van der Waals surface area (Å²) in [5, 5.41) is 4.96. The van der Waals surface area contributed by atoms with E-state index in [1.165, 1.54) is 36.8 Å². The molecule has 0 aliphatic heterocycles. The molecule has 0 spiro atoms. The third-order valence-corrected chi connectivity index (χ3v) is 4.54. The number of pyridine rings is 1. The maximum Gasteiger partial charge on any atom is 0.139 e. The van der Waals surface area contributed by atoms with E-state index in [-0.39, 0.29) is 0 Å². The molecule has 17 heavy (non-hydrogen) atoms. The summed E-state index contributed by atoms with van der Waals surface area (Å²) in [6, 6.07) is 4.90. The molecule has 2 bridgehead atoms. The Hall–Kier alpha value is -1.51. The van der Waals surface area contributed by atoms with Gasteiger partial charge in [-0.25, -0.2) is 4.98 Å². The number of fused-ring (bicyclic) bond motifs is 3. The maximum absolute atomic E-state index is 4.33. The number of hydrogen-bond donors (Lipinski definition) is 2. The van der Waals surface area contributed by atoms with Crippen LogP contribution >= 0.6 is 0 Å². The van der Waals surface area contributed by atoms with Gasteiger partial charge in [0, 0.05) is 29.5 Å². The van der Waals surface area contributed by atoms with Crippen molar-refractivity contribution in [1.82, 2.24) is 9.97 Å². The number of nitrogens with one attached hydrogen (secondary N) is 2. The second-order valence-corrected chi connectivity index (χ2v) is 5.52. The number of nitrogens with zero attached hydrogens (tertiary/aromatic N) is 1. The standard InChI is InChI=1S/C14H17N3/c1-2-10-7-9(1)8-13(10)17-12-4-6-16-14-11(12)3-5-15-14/h3-6,9-10,13H,1-2,7-8H2,(H2,15,16,17)/t9-,10+,13+/m0/s1. The van der Waals surface area contributed by atoms with Gasteiger partial charge in [0.15, 0.2) is 0 Å². The molecule has 3 heteroatoms. The first-order valence-corrected chi connectivity index (χ1v) is 6.59. The minimum Gasteiger partial charge on any atom is -0.381 e. The van der Waals surface area contributed by atoms with Crippen LogP contribution in [-0.4, -0.2) is 16.0 Å². The van der Waals surface area contributed by atoms with E-state index >= 15 is 0 Å². The van der Waals surface area contributed by atoms with Gasteiger partial charge in [0.25, 0.3) is 0 Å². The van der Waals surface area contributed by atoms with Crippen LogP contribution < -0.4 is 5.32 Å². The van der Waals surface area contributed by atoms with Gasteiger partial charge in [-0.15, -0.1) is 0 Å². The van der Waals surface area contributed by atoms with E-state index in [0.717, 1.165) is 17.5 Å². The third kappa shape index (κ3) is 1.45. The second kappa shape index (κ2) is 3.49. The largest absolute Gasteiger partial charge is 0.381 e. The predicted octanol–water partition coefficient (Wildman–Crippen LogP) is 3.16. The summed E-state index contributed by atoms with van der Waals surface area (Å²) in [6.07, 6.45) is 9.53. The third-order valence-electron chi connectivity index (χ3n) is 4.54. The number of rotatable bonds is 2. The Morgan fingerprint density at radius 2 is 2.24 bits per heavy atom. The van der Waals surface area contributed by atoms with E-state index in [2.05, 4.69) is 27.4 Å². The maximum atomic E-state index is 4.33. The van der Waals surface area contributed by atoms with Gasteiger partial charge in [-0.05, 0) is 43.2 Å². The van der Waals surface area contributed by atoms with Gasteiger partial charge in [0.1, 0.15) is 5.65 Å². The summed E-state index contributed by atoms with van der Waals surface area (Å²) in [5.41, 5.74) is 2.23. The lowest BCUT2D eigenvalue weighted by molar-refractivity contribution is 0.440. The van der Waals surface area contributed by atoms with Crippen molar-refractivity contribution >= 4 is 16.7 Å². The molecule has 0 radical (unpaired) electrons. The molecule has 88 valence electrons. The van der Waals surface area contributed by atoms with Crippen LogP contribution in [0, 0.1) is 11.8 Å². The van der Waals surface area contributed by atoms with E-state index < -0.39 is 0 Å². The summed E-state index contributed by atoms with van der Waals surface area (Å²) in [5.74, 6) is 1.89. The first-order valence-electron chi connectivity index (χ1n) is 6.59. The smallest absolute Gasteiger partial charge is 0.139 e. The lowest BCUT2D eigenvalue weighted by atomic mass is 9.95. The zero-order valence-electron chi connectivity index (χ0n) is 9.82. The van der Waals surface area contributed by atoms with Gasteiger partial charge in [-0.1, -0.05) is 6.42 Å². The van der Waals surface area contributed by atoms with E-state index in [9.17, 15) is 0 Å². The minimum absolute atomic E-state index is 0.689. The first-order chi connectivity index (χ1) is 8.40. The molecule has 2 fully saturated rings. The molecule has 0 saturated heterocycles. The molecule has 4 rings (SSSR count). The highest BCUT2D eigenvalue weighted by Crippen LogP contribution is 2.45. The molecular formula is C14H17N3. The monoisotopic (exact) mass is 227 g/mol. The highest BCUT2D eigenvalue weighted by Gasteiger charge is 2.39. The minimum atomic E-state index is 0.689. The van der Waals surface area contributed by atoms with Crippen molar-refractivity contribution in [2.45, 2.75) is 31.7 Å². The summed E-state index contributed by atoms with van der Waals surface area (Å²) >= 11 is 0. The number of aromatic nitrogens is 2. The van der Waals surface area contributed by atoms with Crippen LogP contribution in [-0.2, 0) is 0 Å². The Morgan fingerprint density at radius 3 is 3.06 bits per heavy atom. The molecule has 2 aromatic heterocycles. The molecule has 2 heterocycles. The number of H-pyrrole nitrogens is 1. The van der Waals surface area contributed by atoms with Gasteiger partial charge < -0.3 is 10.3 Å². The Balaban J connectivity index is 1.65. The Labute approximate surface area is 101 Å². The average Bonchev–Trinajstić information content (AvgIpc) is 3.04. The molecule has 0 unspecified atom stereocenters. The van der Waals surface area contributed by atoms with Gasteiger partial charge in [0.2, 0.25) is 0 Å². The molecule has 3 atom stereocenters. The molecule has 2 aromatic rings. The topological polar surface area (TPSA) is 40.7 Å². The van der Waals surface area contributed by atoms with Crippen LogP contribution in [0.2, 0.25) is 0 Å². The van der Waals surface area contributed by atoms with Gasteiger partial charge >= 0.3 is 0 Å². The summed E-state index contributed by atoms with van der Waals surface area (Å²) in [6.45, 7) is 0. The van der Waals surface area contributed by atoms with Crippen LogP contribution in [0.15, 0.2) is 24.5 Å². The van der Waals surface area contributed by atoms with Gasteiger partial charge in [-0.2, -0.15) is 0 Å². The number of aromatic amines is 1. The zero-order valence-corrected chi connectivity index (χ0v) is 9.82. The van der Waals surface area contributed by atoms with Gasteiger partial charge in [-0.3, -0.25) is 0 Å². The van der Waals surface area contributed by atoms with Crippen LogP contribution in [0.1, 0.15) is 25.7 Å². The molecule has 2 aliphatic rings. The van der Waals surface area contributed by atoms with Crippen molar-refractivity contribution in [3.8, 4) is 0 Å². The van der Waals surface area contributed by atoms with Gasteiger partial charge in [0.05, 0.1) is 0 Å². The lowest BCUT2D eigenvalue weighted by Crippen LogP contribution is -2.25. The predicted molar refractivity (Wildman–Crippen MR) is 69.0 cm³/mol. The van der Waals surface area contributed by atoms with Crippen molar-refractivity contribution < 1.29 is 0 Å². The summed E-state index contributed by atoms with van der Waals surface area (Å²) in [7, 11) is 0. The first kappa shape index (κ1) is 9.51. The molecule has 2 saturated carbocycles. The van der Waals surface area contributed by atoms with Crippen molar-refractivity contribution in [3.05, 3.63) is 24.5 Å². The van der Waals surface area contributed by atoms with Crippen LogP contribution in [0.3, 0.4) is 0 Å². The lowest BCUT2D eigenvalue weighted by Gasteiger charge is -2.24. The Kier molecular flexibility index (Phi) is 1.95. The zero-order chi connectivity index (χ0) is 11.2. The van der Waals surface area contributed by atoms with Crippen LogP contribution in [0.4, 0.5) is 5.69 Å². The molecule has 3 nitrogen and oxygen atoms in total. The molecular weight excluding hydrogens is 210 g/mol. The number of hydrogen-bond acceptors (Lipinski definition) is 2. The van der Waals surface area contributed by atoms with Crippen molar-refractivity contribution in [2.24, 2.45) is 11.8 Å². The molecule has 2 N–H and O–H groups in total.